The summed E-state index contributed by atoms with van der Waals surface area (Å²) in [5, 5.41) is 11.2. The molecule has 1 amide bonds. The number of ether oxygens (including phenoxy) is 1. The van der Waals surface area contributed by atoms with Crippen molar-refractivity contribution in [2.45, 2.75) is 32.9 Å². The first-order chi connectivity index (χ1) is 5.56. The van der Waals surface area contributed by atoms with Gasteiger partial charge in [0.1, 0.15) is 6.61 Å². The predicted octanol–water partition coefficient (Wildman–Crippen LogP) is -0.0916. The molecule has 0 saturated heterocycles. The van der Waals surface area contributed by atoms with Crippen molar-refractivity contribution in [1.82, 2.24) is 5.32 Å². The lowest BCUT2D eigenvalue weighted by Gasteiger charge is -2.11. The third-order valence-corrected chi connectivity index (χ3v) is 1.23. The molecule has 0 aliphatic rings. The van der Waals surface area contributed by atoms with E-state index in [4.69, 9.17) is 9.84 Å². The van der Waals surface area contributed by atoms with Crippen LogP contribution in [0.1, 0.15) is 20.8 Å². The van der Waals surface area contributed by atoms with Crippen LogP contribution in [0, 0.1) is 0 Å². The van der Waals surface area contributed by atoms with Gasteiger partial charge in [0.15, 0.2) is 0 Å². The van der Waals surface area contributed by atoms with E-state index in [-0.39, 0.29) is 31.3 Å². The van der Waals surface area contributed by atoms with Gasteiger partial charge in [-0.05, 0) is 20.8 Å². The average Bonchev–Trinajstić information content (AvgIpc) is 2.00. The minimum atomic E-state index is -0.201. The van der Waals surface area contributed by atoms with E-state index in [9.17, 15) is 4.79 Å². The number of hydrogen-bond acceptors (Lipinski definition) is 3. The fourth-order valence-electron chi connectivity index (χ4n) is 0.604. The molecule has 0 radical (unpaired) electrons. The van der Waals surface area contributed by atoms with E-state index >= 15 is 0 Å². The monoisotopic (exact) mass is 175 g/mol. The second kappa shape index (κ2) is 5.97. The van der Waals surface area contributed by atoms with Gasteiger partial charge in [-0.25, -0.2) is 0 Å². The van der Waals surface area contributed by atoms with E-state index in [0.717, 1.165) is 0 Å². The first-order valence-corrected chi connectivity index (χ1v) is 4.08. The van der Waals surface area contributed by atoms with Crippen LogP contribution in [0.5, 0.6) is 0 Å². The topological polar surface area (TPSA) is 58.6 Å². The maximum Gasteiger partial charge on any atom is 0.246 e. The number of rotatable bonds is 5. The van der Waals surface area contributed by atoms with Crippen LogP contribution >= 0.6 is 0 Å². The molecular weight excluding hydrogens is 158 g/mol. The lowest BCUT2D eigenvalue weighted by molar-refractivity contribution is -0.127. The summed E-state index contributed by atoms with van der Waals surface area (Å²) < 4.78 is 5.06. The molecule has 1 atom stereocenters. The van der Waals surface area contributed by atoms with E-state index in [0.29, 0.717) is 0 Å². The smallest absolute Gasteiger partial charge is 0.246 e. The molecule has 0 saturated carbocycles. The second-order valence-corrected chi connectivity index (χ2v) is 3.01. The lowest BCUT2D eigenvalue weighted by Crippen LogP contribution is -2.37. The number of aliphatic hydroxyl groups is 1. The maximum absolute atomic E-state index is 11.0. The Hall–Kier alpha value is -0.610. The molecular formula is C8H17NO3. The van der Waals surface area contributed by atoms with Crippen molar-refractivity contribution in [3.63, 3.8) is 0 Å². The van der Waals surface area contributed by atoms with Gasteiger partial charge < -0.3 is 15.2 Å². The third kappa shape index (κ3) is 6.12. The zero-order valence-electron chi connectivity index (χ0n) is 7.83. The van der Waals surface area contributed by atoms with E-state index < -0.39 is 0 Å². The standard InChI is InChI=1S/C8H17NO3/c1-6(2)12-5-8(11)9-7(3)4-10/h6-7,10H,4-5H2,1-3H3,(H,9,11)/t7-/m1/s1. The van der Waals surface area contributed by atoms with Gasteiger partial charge in [0.2, 0.25) is 5.91 Å². The van der Waals surface area contributed by atoms with E-state index in [1.165, 1.54) is 0 Å². The summed E-state index contributed by atoms with van der Waals surface area (Å²) >= 11 is 0. The van der Waals surface area contributed by atoms with E-state index in [1.54, 1.807) is 6.92 Å². The minimum absolute atomic E-state index is 0.0482. The molecule has 0 unspecified atom stereocenters. The first kappa shape index (κ1) is 11.4. The van der Waals surface area contributed by atoms with Gasteiger partial charge >= 0.3 is 0 Å². The molecule has 4 heteroatoms. The van der Waals surface area contributed by atoms with Gasteiger partial charge in [-0.3, -0.25) is 4.79 Å². The Morgan fingerprint density at radius 3 is 2.50 bits per heavy atom. The second-order valence-electron chi connectivity index (χ2n) is 3.01. The summed E-state index contributed by atoms with van der Waals surface area (Å²) in [6, 6.07) is -0.201. The lowest BCUT2D eigenvalue weighted by atomic mass is 10.3. The molecule has 0 heterocycles. The Balaban J connectivity index is 3.46. The Bertz CT molecular complexity index is 136. The fourth-order valence-corrected chi connectivity index (χ4v) is 0.604. The van der Waals surface area contributed by atoms with Crippen molar-refractivity contribution in [3.8, 4) is 0 Å². The Kier molecular flexibility index (Phi) is 5.66. The fraction of sp³-hybridized carbons (Fsp3) is 0.875. The summed E-state index contributed by atoms with van der Waals surface area (Å²) in [5.74, 6) is -0.190. The van der Waals surface area contributed by atoms with Crippen LogP contribution < -0.4 is 5.32 Å². The van der Waals surface area contributed by atoms with Crippen LogP contribution in [0.2, 0.25) is 0 Å². The number of carbonyl (C=O) groups excluding carboxylic acids is 1. The zero-order chi connectivity index (χ0) is 9.56. The Morgan fingerprint density at radius 1 is 1.50 bits per heavy atom. The molecule has 0 rings (SSSR count). The van der Waals surface area contributed by atoms with Crippen molar-refractivity contribution in [2.24, 2.45) is 0 Å². The SMILES string of the molecule is CC(C)OCC(=O)N[C@H](C)CO. The number of nitrogens with one attached hydrogen (secondary N) is 1. The molecule has 0 bridgehead atoms. The molecule has 0 aromatic rings. The maximum atomic E-state index is 11.0. The van der Waals surface area contributed by atoms with Gasteiger partial charge in [0.05, 0.1) is 12.7 Å². The minimum Gasteiger partial charge on any atom is -0.394 e. The highest BCUT2D eigenvalue weighted by molar-refractivity contribution is 5.77. The number of carbonyl (C=O) groups is 1. The van der Waals surface area contributed by atoms with Gasteiger partial charge in [-0.1, -0.05) is 0 Å². The van der Waals surface area contributed by atoms with E-state index in [1.807, 2.05) is 13.8 Å². The highest BCUT2D eigenvalue weighted by Gasteiger charge is 2.06. The van der Waals surface area contributed by atoms with Gasteiger partial charge in [0, 0.05) is 6.04 Å². The highest BCUT2D eigenvalue weighted by Crippen LogP contribution is 1.87. The summed E-state index contributed by atoms with van der Waals surface area (Å²) in [7, 11) is 0. The molecule has 2 N–H and O–H groups in total. The summed E-state index contributed by atoms with van der Waals surface area (Å²) in [4.78, 5) is 11.0. The third-order valence-electron chi connectivity index (χ3n) is 1.23. The average molecular weight is 175 g/mol. The predicted molar refractivity (Wildman–Crippen MR) is 45.8 cm³/mol. The summed E-state index contributed by atoms with van der Waals surface area (Å²) in [6.07, 6.45) is 0.0557. The zero-order valence-corrected chi connectivity index (χ0v) is 7.83. The molecule has 0 fully saturated rings. The van der Waals surface area contributed by atoms with Crippen molar-refractivity contribution in [1.29, 1.82) is 0 Å². The van der Waals surface area contributed by atoms with Crippen LogP contribution in [0.15, 0.2) is 0 Å². The van der Waals surface area contributed by atoms with Crippen molar-refractivity contribution >= 4 is 5.91 Å². The van der Waals surface area contributed by atoms with Crippen LogP contribution in [0.3, 0.4) is 0 Å². The summed E-state index contributed by atoms with van der Waals surface area (Å²) in [5.41, 5.74) is 0. The number of hydrogen-bond donors (Lipinski definition) is 2. The van der Waals surface area contributed by atoms with Gasteiger partial charge in [0.25, 0.3) is 0 Å². The molecule has 0 spiro atoms. The molecule has 0 aliphatic heterocycles. The van der Waals surface area contributed by atoms with Crippen LogP contribution in [0.25, 0.3) is 0 Å². The molecule has 0 aromatic heterocycles. The van der Waals surface area contributed by atoms with Crippen LogP contribution in [0.4, 0.5) is 0 Å². The van der Waals surface area contributed by atoms with Gasteiger partial charge in [-0.15, -0.1) is 0 Å². The largest absolute Gasteiger partial charge is 0.394 e. The van der Waals surface area contributed by atoms with Crippen LogP contribution in [-0.4, -0.2) is 36.4 Å². The van der Waals surface area contributed by atoms with E-state index in [2.05, 4.69) is 5.32 Å². The molecule has 72 valence electrons. The Morgan fingerprint density at radius 2 is 2.08 bits per heavy atom. The van der Waals surface area contributed by atoms with Gasteiger partial charge in [-0.2, -0.15) is 0 Å². The van der Waals surface area contributed by atoms with Crippen molar-refractivity contribution in [2.75, 3.05) is 13.2 Å². The normalized spacial score (nSPS) is 13.1. The van der Waals surface area contributed by atoms with Crippen LogP contribution in [-0.2, 0) is 9.53 Å². The van der Waals surface area contributed by atoms with Crippen molar-refractivity contribution in [3.05, 3.63) is 0 Å². The quantitative estimate of drug-likeness (QED) is 0.614. The number of aliphatic hydroxyl groups excluding tert-OH is 1. The molecule has 12 heavy (non-hydrogen) atoms. The number of amides is 1. The molecule has 0 aromatic carbocycles. The molecule has 0 aliphatic carbocycles. The summed E-state index contributed by atoms with van der Waals surface area (Å²) in [6.45, 7) is 5.47. The highest BCUT2D eigenvalue weighted by atomic mass is 16.5. The first-order valence-electron chi connectivity index (χ1n) is 4.08. The Labute approximate surface area is 72.9 Å². The molecule has 4 nitrogen and oxygen atoms in total. The van der Waals surface area contributed by atoms with Crippen molar-refractivity contribution < 1.29 is 14.6 Å².